The molecule has 1 saturated carbocycles. The Balaban J connectivity index is 1.44. The number of aryl methyl sites for hydroxylation is 1. The normalized spacial score (nSPS) is 20.0. The molecule has 1 aromatic carbocycles. The topological polar surface area (TPSA) is 75.9 Å². The van der Waals surface area contributed by atoms with E-state index in [2.05, 4.69) is 20.4 Å². The average molecular weight is 537 g/mol. The fourth-order valence-electron chi connectivity index (χ4n) is 4.88. The Morgan fingerprint density at radius 1 is 1.19 bits per heavy atom. The molecule has 7 nitrogen and oxygen atoms in total. The zero-order valence-electron chi connectivity index (χ0n) is 20.0. The number of alkyl halides is 3. The van der Waals surface area contributed by atoms with Crippen molar-refractivity contribution in [2.24, 2.45) is 0 Å². The average Bonchev–Trinajstić information content (AvgIpc) is 3.47. The van der Waals surface area contributed by atoms with Crippen LogP contribution in [-0.4, -0.2) is 43.1 Å². The monoisotopic (exact) mass is 536 g/mol. The summed E-state index contributed by atoms with van der Waals surface area (Å²) in [7, 11) is 0. The van der Waals surface area contributed by atoms with Crippen molar-refractivity contribution < 1.29 is 22.4 Å². The molecule has 12 heteroatoms. The summed E-state index contributed by atoms with van der Waals surface area (Å²) in [5, 5.41) is 7.77. The van der Waals surface area contributed by atoms with Crippen molar-refractivity contribution in [3.8, 4) is 0 Å². The summed E-state index contributed by atoms with van der Waals surface area (Å²) in [5.74, 6) is -1.06. The second-order valence-electron chi connectivity index (χ2n) is 9.51. The highest BCUT2D eigenvalue weighted by Crippen LogP contribution is 2.42. The fraction of sp³-hybridized carbons (Fsp3) is 0.440. The van der Waals surface area contributed by atoms with Crippen LogP contribution in [0, 0.1) is 12.7 Å². The molecular weight excluding hydrogens is 512 g/mol. The number of amides is 1. The number of likely N-dealkylation sites (tertiary alicyclic amines) is 1. The quantitative estimate of drug-likeness (QED) is 0.439. The van der Waals surface area contributed by atoms with Gasteiger partial charge in [-0.15, -0.1) is 0 Å². The maximum absolute atomic E-state index is 14.4. The highest BCUT2D eigenvalue weighted by molar-refractivity contribution is 6.32. The van der Waals surface area contributed by atoms with Crippen LogP contribution in [0.5, 0.6) is 0 Å². The number of nitrogens with zero attached hydrogens (tertiary/aromatic N) is 5. The van der Waals surface area contributed by atoms with Crippen molar-refractivity contribution in [3.63, 3.8) is 0 Å². The zero-order valence-corrected chi connectivity index (χ0v) is 20.7. The molecule has 196 valence electrons. The minimum absolute atomic E-state index is 0.000675. The van der Waals surface area contributed by atoms with Gasteiger partial charge in [-0.2, -0.15) is 18.3 Å². The van der Waals surface area contributed by atoms with Crippen LogP contribution >= 0.6 is 11.6 Å². The Labute approximate surface area is 215 Å². The van der Waals surface area contributed by atoms with Crippen molar-refractivity contribution >= 4 is 17.5 Å². The molecule has 0 radical (unpaired) electrons. The molecule has 1 amide bonds. The number of hydrogen-bond acceptors (Lipinski definition) is 5. The lowest BCUT2D eigenvalue weighted by atomic mass is 9.97. The number of nitrogens with one attached hydrogen (secondary N) is 1. The van der Waals surface area contributed by atoms with E-state index in [9.17, 15) is 22.4 Å². The molecular formula is C25H25ClF4N6O. The lowest BCUT2D eigenvalue weighted by Crippen LogP contribution is -2.40. The van der Waals surface area contributed by atoms with Gasteiger partial charge < -0.3 is 10.2 Å². The summed E-state index contributed by atoms with van der Waals surface area (Å²) in [4.78, 5) is 23.2. The molecule has 2 aromatic heterocycles. The van der Waals surface area contributed by atoms with Gasteiger partial charge in [0, 0.05) is 48.7 Å². The molecule has 0 bridgehead atoms. The first-order valence-electron chi connectivity index (χ1n) is 12.0. The lowest BCUT2D eigenvalue weighted by molar-refractivity contribution is -0.146. The van der Waals surface area contributed by atoms with Crippen LogP contribution < -0.4 is 5.32 Å². The molecule has 2 fully saturated rings. The molecule has 3 heterocycles. The third-order valence-corrected chi connectivity index (χ3v) is 7.33. The summed E-state index contributed by atoms with van der Waals surface area (Å²) in [6, 6.07) is 2.58. The number of aromatic nitrogens is 4. The van der Waals surface area contributed by atoms with E-state index >= 15 is 0 Å². The predicted octanol–water partition coefficient (Wildman–Crippen LogP) is 4.80. The minimum Gasteiger partial charge on any atom is -0.332 e. The third-order valence-electron chi connectivity index (χ3n) is 6.82. The molecule has 2 atom stereocenters. The molecule has 1 aliphatic carbocycles. The van der Waals surface area contributed by atoms with Gasteiger partial charge in [0.1, 0.15) is 18.1 Å². The first-order chi connectivity index (χ1) is 17.6. The largest absolute Gasteiger partial charge is 0.433 e. The standard InChI is InChI=1S/C25H25ClF4N6O/c1-14-8-16(27)9-18(23(14)26)24-19(33-12-17-11-31-5-6-32-17)4-7-35(24)22(37)13-36-21(25(28,29)30)10-20(34-36)15-2-3-15/h5-6,8-11,15,19,24,33H,2-4,7,12-13H2,1H3/t19-,24-/m1/s1. The van der Waals surface area contributed by atoms with Gasteiger partial charge in [0.15, 0.2) is 0 Å². The zero-order chi connectivity index (χ0) is 26.3. The van der Waals surface area contributed by atoms with Crippen LogP contribution in [0.25, 0.3) is 0 Å². The van der Waals surface area contributed by atoms with Gasteiger partial charge in [-0.25, -0.2) is 4.39 Å². The first-order valence-corrected chi connectivity index (χ1v) is 12.4. The van der Waals surface area contributed by atoms with Crippen LogP contribution in [-0.2, 0) is 24.1 Å². The van der Waals surface area contributed by atoms with Gasteiger partial charge in [-0.1, -0.05) is 11.6 Å². The Kier molecular flexibility index (Phi) is 6.93. The summed E-state index contributed by atoms with van der Waals surface area (Å²) in [6.45, 7) is 1.67. The predicted molar refractivity (Wildman–Crippen MR) is 127 cm³/mol. The highest BCUT2D eigenvalue weighted by Gasteiger charge is 2.42. The van der Waals surface area contributed by atoms with Gasteiger partial charge in [0.2, 0.25) is 5.91 Å². The molecule has 1 aliphatic heterocycles. The van der Waals surface area contributed by atoms with E-state index in [1.54, 1.807) is 25.5 Å². The third kappa shape index (κ3) is 5.47. The van der Waals surface area contributed by atoms with E-state index in [1.165, 1.54) is 17.0 Å². The van der Waals surface area contributed by atoms with E-state index in [-0.39, 0.29) is 18.5 Å². The van der Waals surface area contributed by atoms with Gasteiger partial charge in [0.05, 0.1) is 17.4 Å². The summed E-state index contributed by atoms with van der Waals surface area (Å²) in [5.41, 5.74) is 0.980. The Morgan fingerprint density at radius 2 is 1.97 bits per heavy atom. The maximum atomic E-state index is 14.4. The van der Waals surface area contributed by atoms with Crippen LogP contribution in [0.1, 0.15) is 59.4 Å². The maximum Gasteiger partial charge on any atom is 0.433 e. The van der Waals surface area contributed by atoms with E-state index in [4.69, 9.17) is 11.6 Å². The Morgan fingerprint density at radius 3 is 2.65 bits per heavy atom. The number of carbonyl (C=O) groups excluding carboxylic acids is 1. The van der Waals surface area contributed by atoms with Crippen molar-refractivity contribution in [2.75, 3.05) is 6.54 Å². The molecule has 5 rings (SSSR count). The van der Waals surface area contributed by atoms with Crippen LogP contribution in [0.15, 0.2) is 36.8 Å². The summed E-state index contributed by atoms with van der Waals surface area (Å²) >= 11 is 6.57. The van der Waals surface area contributed by atoms with E-state index in [1.807, 2.05) is 0 Å². The van der Waals surface area contributed by atoms with Crippen LogP contribution in [0.2, 0.25) is 5.02 Å². The molecule has 3 aromatic rings. The smallest absolute Gasteiger partial charge is 0.332 e. The second kappa shape index (κ2) is 10.0. The van der Waals surface area contributed by atoms with E-state index < -0.39 is 36.2 Å². The van der Waals surface area contributed by atoms with Crippen molar-refractivity contribution in [1.82, 2.24) is 30.0 Å². The minimum atomic E-state index is -4.64. The molecule has 1 saturated heterocycles. The summed E-state index contributed by atoms with van der Waals surface area (Å²) < 4.78 is 56.3. The number of carbonyl (C=O) groups is 1. The van der Waals surface area contributed by atoms with Crippen molar-refractivity contribution in [3.05, 3.63) is 75.8 Å². The van der Waals surface area contributed by atoms with Crippen LogP contribution in [0.4, 0.5) is 17.6 Å². The van der Waals surface area contributed by atoms with E-state index in [0.717, 1.165) is 23.6 Å². The van der Waals surface area contributed by atoms with E-state index in [0.29, 0.717) is 40.5 Å². The Bertz CT molecular complexity index is 1290. The fourth-order valence-corrected chi connectivity index (χ4v) is 5.10. The van der Waals surface area contributed by atoms with Gasteiger partial charge >= 0.3 is 6.18 Å². The molecule has 0 spiro atoms. The van der Waals surface area contributed by atoms with Crippen molar-refractivity contribution in [2.45, 2.75) is 63.5 Å². The number of benzene rings is 1. The molecule has 0 unspecified atom stereocenters. The number of halogens is 5. The molecule has 1 N–H and O–H groups in total. The Hall–Kier alpha value is -3.05. The number of rotatable bonds is 7. The molecule has 37 heavy (non-hydrogen) atoms. The molecule has 2 aliphatic rings. The first kappa shape index (κ1) is 25.6. The van der Waals surface area contributed by atoms with Gasteiger partial charge in [-0.05, 0) is 55.5 Å². The lowest BCUT2D eigenvalue weighted by Gasteiger charge is -2.30. The van der Waals surface area contributed by atoms with Crippen molar-refractivity contribution in [1.29, 1.82) is 0 Å². The SMILES string of the molecule is Cc1cc(F)cc([C@@H]2[C@H](NCc3cnccn3)CCN2C(=O)Cn2nc(C3CC3)cc2C(F)(F)F)c1Cl. The highest BCUT2D eigenvalue weighted by atomic mass is 35.5. The summed E-state index contributed by atoms with van der Waals surface area (Å²) in [6.07, 6.45) is 2.13. The van der Waals surface area contributed by atoms with Gasteiger partial charge in [-0.3, -0.25) is 19.4 Å². The number of hydrogen-bond donors (Lipinski definition) is 1. The second-order valence-corrected chi connectivity index (χ2v) is 9.89. The van der Waals surface area contributed by atoms with Gasteiger partial charge in [0.25, 0.3) is 0 Å². The van der Waals surface area contributed by atoms with Crippen LogP contribution in [0.3, 0.4) is 0 Å².